The molecule has 5 atom stereocenters. The molecule has 1 fully saturated rings. The number of H-pyrrole nitrogens is 1. The summed E-state index contributed by atoms with van der Waals surface area (Å²) in [6.07, 6.45) is -1.34. The van der Waals surface area contributed by atoms with Gasteiger partial charge in [-0.25, -0.2) is 0 Å². The molecule has 24 heavy (non-hydrogen) atoms. The van der Waals surface area contributed by atoms with E-state index < -0.39 is 24.4 Å². The number of aromatic amines is 1. The van der Waals surface area contributed by atoms with Gasteiger partial charge in [0.1, 0.15) is 6.10 Å². The van der Waals surface area contributed by atoms with Gasteiger partial charge in [-0.05, 0) is 18.6 Å². The Balaban J connectivity index is 1.58. The number of fused-ring (bicyclic) bond motifs is 1. The van der Waals surface area contributed by atoms with Crippen LogP contribution in [-0.2, 0) is 11.2 Å². The molecular weight excluding hydrogens is 310 g/mol. The van der Waals surface area contributed by atoms with Crippen molar-refractivity contribution in [2.75, 3.05) is 6.54 Å². The summed E-state index contributed by atoms with van der Waals surface area (Å²) in [5, 5.41) is 36.3. The van der Waals surface area contributed by atoms with Gasteiger partial charge in [0.15, 0.2) is 0 Å². The SMILES string of the molecule is C[C@@H]1N[C@H](CNC(=O)Cc2c[nH]c3ccccc23)[C@@H](O)[C@H](O)[C@@H]1O. The van der Waals surface area contributed by atoms with Crippen LogP contribution in [0, 0.1) is 0 Å². The lowest BCUT2D eigenvalue weighted by Gasteiger charge is -2.40. The maximum atomic E-state index is 12.2. The zero-order chi connectivity index (χ0) is 17.3. The number of aromatic nitrogens is 1. The lowest BCUT2D eigenvalue weighted by Crippen LogP contribution is -2.66. The van der Waals surface area contributed by atoms with E-state index in [4.69, 9.17) is 0 Å². The van der Waals surface area contributed by atoms with Crippen LogP contribution in [0.2, 0.25) is 0 Å². The van der Waals surface area contributed by atoms with Gasteiger partial charge in [-0.15, -0.1) is 0 Å². The Morgan fingerprint density at radius 2 is 1.92 bits per heavy atom. The van der Waals surface area contributed by atoms with Crippen molar-refractivity contribution in [3.63, 3.8) is 0 Å². The number of carbonyl (C=O) groups excluding carboxylic acids is 1. The third kappa shape index (κ3) is 3.29. The first-order valence-electron chi connectivity index (χ1n) is 8.09. The minimum absolute atomic E-state index is 0.165. The average molecular weight is 333 g/mol. The van der Waals surface area contributed by atoms with Gasteiger partial charge in [-0.3, -0.25) is 4.79 Å². The molecule has 1 aromatic heterocycles. The molecule has 1 saturated heterocycles. The maximum absolute atomic E-state index is 12.2. The van der Waals surface area contributed by atoms with Crippen molar-refractivity contribution < 1.29 is 20.1 Å². The van der Waals surface area contributed by atoms with Gasteiger partial charge in [-0.2, -0.15) is 0 Å². The van der Waals surface area contributed by atoms with Gasteiger partial charge in [0.2, 0.25) is 5.91 Å². The normalized spacial score (nSPS) is 30.4. The number of para-hydroxylation sites is 1. The van der Waals surface area contributed by atoms with Gasteiger partial charge < -0.3 is 30.9 Å². The summed E-state index contributed by atoms with van der Waals surface area (Å²) < 4.78 is 0. The first-order valence-corrected chi connectivity index (χ1v) is 8.09. The predicted molar refractivity (Wildman–Crippen MR) is 89.4 cm³/mol. The Morgan fingerprint density at radius 3 is 2.71 bits per heavy atom. The molecule has 2 heterocycles. The first-order chi connectivity index (χ1) is 11.5. The number of piperidine rings is 1. The van der Waals surface area contributed by atoms with E-state index >= 15 is 0 Å². The van der Waals surface area contributed by atoms with E-state index in [0.29, 0.717) is 0 Å². The number of hydrogen-bond donors (Lipinski definition) is 6. The Hall–Kier alpha value is -1.93. The first kappa shape index (κ1) is 16.9. The van der Waals surface area contributed by atoms with Crippen LogP contribution in [0.3, 0.4) is 0 Å². The van der Waals surface area contributed by atoms with Crippen LogP contribution in [0.15, 0.2) is 30.5 Å². The molecule has 0 unspecified atom stereocenters. The standard InChI is InChI=1S/C17H23N3O4/c1-9-15(22)17(24)16(23)13(20-9)8-19-14(21)6-10-7-18-12-5-3-2-4-11(10)12/h2-5,7,9,13,15-18,20,22-24H,6,8H2,1H3,(H,19,21)/t9-,13+,15+,16+,17+/m0/s1. The molecule has 1 aromatic carbocycles. The van der Waals surface area contributed by atoms with E-state index in [2.05, 4.69) is 15.6 Å². The van der Waals surface area contributed by atoms with Crippen molar-refractivity contribution in [3.8, 4) is 0 Å². The molecule has 7 nitrogen and oxygen atoms in total. The highest BCUT2D eigenvalue weighted by atomic mass is 16.4. The van der Waals surface area contributed by atoms with Crippen LogP contribution in [-0.4, -0.2) is 63.2 Å². The van der Waals surface area contributed by atoms with Crippen molar-refractivity contribution in [3.05, 3.63) is 36.0 Å². The molecule has 0 radical (unpaired) electrons. The molecule has 6 N–H and O–H groups in total. The van der Waals surface area contributed by atoms with Crippen LogP contribution in [0.4, 0.5) is 0 Å². The van der Waals surface area contributed by atoms with Crippen LogP contribution >= 0.6 is 0 Å². The largest absolute Gasteiger partial charge is 0.389 e. The maximum Gasteiger partial charge on any atom is 0.224 e. The zero-order valence-corrected chi connectivity index (χ0v) is 13.4. The molecule has 1 aliphatic heterocycles. The number of hydrogen-bond acceptors (Lipinski definition) is 5. The molecule has 3 rings (SSSR count). The molecule has 0 aliphatic carbocycles. The molecule has 0 spiro atoms. The number of aliphatic hydroxyl groups is 3. The Bertz CT molecular complexity index is 717. The fraction of sp³-hybridized carbons (Fsp3) is 0.471. The quantitative estimate of drug-likeness (QED) is 0.441. The summed E-state index contributed by atoms with van der Waals surface area (Å²) in [5.41, 5.74) is 1.89. The second kappa shape index (κ2) is 6.90. The van der Waals surface area contributed by atoms with Crippen molar-refractivity contribution in [1.29, 1.82) is 0 Å². The van der Waals surface area contributed by atoms with E-state index in [1.807, 2.05) is 30.5 Å². The third-order valence-corrected chi connectivity index (χ3v) is 4.65. The van der Waals surface area contributed by atoms with Gasteiger partial charge in [0.05, 0.1) is 24.7 Å². The van der Waals surface area contributed by atoms with Crippen LogP contribution < -0.4 is 10.6 Å². The summed E-state index contributed by atoms with van der Waals surface area (Å²) in [7, 11) is 0. The summed E-state index contributed by atoms with van der Waals surface area (Å²) in [4.78, 5) is 15.3. The lowest BCUT2D eigenvalue weighted by molar-refractivity contribution is -0.123. The Labute approximate surface area is 139 Å². The molecule has 130 valence electrons. The topological polar surface area (TPSA) is 118 Å². The Morgan fingerprint density at radius 1 is 1.17 bits per heavy atom. The second-order valence-corrected chi connectivity index (χ2v) is 6.37. The van der Waals surface area contributed by atoms with E-state index in [-0.39, 0.29) is 24.9 Å². The van der Waals surface area contributed by atoms with Crippen LogP contribution in [0.5, 0.6) is 0 Å². The van der Waals surface area contributed by atoms with E-state index in [1.165, 1.54) is 0 Å². The molecule has 0 saturated carbocycles. The minimum atomic E-state index is -1.23. The highest BCUT2D eigenvalue weighted by Gasteiger charge is 2.40. The number of nitrogens with one attached hydrogen (secondary N) is 3. The van der Waals surface area contributed by atoms with Crippen molar-refractivity contribution in [1.82, 2.24) is 15.6 Å². The van der Waals surface area contributed by atoms with E-state index in [1.54, 1.807) is 6.92 Å². The lowest BCUT2D eigenvalue weighted by atomic mass is 9.91. The fourth-order valence-corrected chi connectivity index (χ4v) is 3.19. The van der Waals surface area contributed by atoms with Crippen molar-refractivity contribution >= 4 is 16.8 Å². The average Bonchev–Trinajstić information content (AvgIpc) is 2.98. The van der Waals surface area contributed by atoms with Crippen LogP contribution in [0.25, 0.3) is 10.9 Å². The van der Waals surface area contributed by atoms with Crippen LogP contribution in [0.1, 0.15) is 12.5 Å². The monoisotopic (exact) mass is 333 g/mol. The number of amides is 1. The fourth-order valence-electron chi connectivity index (χ4n) is 3.19. The van der Waals surface area contributed by atoms with E-state index in [9.17, 15) is 20.1 Å². The van der Waals surface area contributed by atoms with Gasteiger partial charge >= 0.3 is 0 Å². The van der Waals surface area contributed by atoms with Gasteiger partial charge in [0, 0.05) is 29.7 Å². The number of aliphatic hydroxyl groups excluding tert-OH is 3. The molecule has 0 bridgehead atoms. The summed E-state index contributed by atoms with van der Waals surface area (Å²) in [5.74, 6) is -0.165. The minimum Gasteiger partial charge on any atom is -0.389 e. The zero-order valence-electron chi connectivity index (χ0n) is 13.4. The number of carbonyl (C=O) groups is 1. The summed E-state index contributed by atoms with van der Waals surface area (Å²) in [6, 6.07) is 6.89. The molecule has 7 heteroatoms. The van der Waals surface area contributed by atoms with Crippen molar-refractivity contribution in [2.24, 2.45) is 0 Å². The van der Waals surface area contributed by atoms with Gasteiger partial charge in [-0.1, -0.05) is 18.2 Å². The summed E-state index contributed by atoms with van der Waals surface area (Å²) in [6.45, 7) is 1.90. The smallest absolute Gasteiger partial charge is 0.224 e. The molecule has 2 aromatic rings. The highest BCUT2D eigenvalue weighted by Crippen LogP contribution is 2.18. The molecule has 1 aliphatic rings. The van der Waals surface area contributed by atoms with Gasteiger partial charge in [0.25, 0.3) is 0 Å². The Kier molecular flexibility index (Phi) is 4.86. The number of benzene rings is 1. The third-order valence-electron chi connectivity index (χ3n) is 4.65. The highest BCUT2D eigenvalue weighted by molar-refractivity contribution is 5.88. The second-order valence-electron chi connectivity index (χ2n) is 6.37. The van der Waals surface area contributed by atoms with E-state index in [0.717, 1.165) is 16.5 Å². The molecular formula is C17H23N3O4. The number of rotatable bonds is 4. The molecule has 1 amide bonds. The predicted octanol–water partition coefficient (Wildman–Crippen LogP) is -0.730. The van der Waals surface area contributed by atoms with Crippen molar-refractivity contribution in [2.45, 2.75) is 43.7 Å². The summed E-state index contributed by atoms with van der Waals surface area (Å²) >= 11 is 0.